The van der Waals surface area contributed by atoms with Crippen molar-refractivity contribution in [2.45, 2.75) is 27.4 Å². The first-order valence-corrected chi connectivity index (χ1v) is 9.57. The smallest absolute Gasteiger partial charge is 0.128 e. The van der Waals surface area contributed by atoms with Gasteiger partial charge in [0.15, 0.2) is 0 Å². The standard InChI is InChI=1S/C24H32O4/c1-24(2,3)22(18-27-15-14-25-4)23(26-5)20-12-9-13-21(16-20)28-17-19-10-7-6-8-11-19/h6-13,16H,14-15,17-18H2,1-5H3. The summed E-state index contributed by atoms with van der Waals surface area (Å²) in [6.45, 7) is 8.63. The predicted octanol–water partition coefficient (Wildman–Crippen LogP) is 5.33. The number of hydrogen-bond acceptors (Lipinski definition) is 4. The number of methoxy groups -OCH3 is 2. The summed E-state index contributed by atoms with van der Waals surface area (Å²) in [5.41, 5.74) is 3.12. The largest absolute Gasteiger partial charge is 0.496 e. The Balaban J connectivity index is 2.23. The van der Waals surface area contributed by atoms with Crippen LogP contribution in [0.25, 0.3) is 5.76 Å². The van der Waals surface area contributed by atoms with E-state index in [1.807, 2.05) is 42.5 Å². The molecule has 152 valence electrons. The second kappa shape index (κ2) is 10.9. The zero-order valence-electron chi connectivity index (χ0n) is 17.7. The van der Waals surface area contributed by atoms with E-state index in [1.165, 1.54) is 0 Å². The van der Waals surface area contributed by atoms with Gasteiger partial charge in [-0.2, -0.15) is 0 Å². The highest BCUT2D eigenvalue weighted by molar-refractivity contribution is 5.65. The third-order valence-electron chi connectivity index (χ3n) is 4.41. The molecule has 0 bridgehead atoms. The van der Waals surface area contributed by atoms with E-state index in [2.05, 4.69) is 32.9 Å². The fraction of sp³-hybridized carbons (Fsp3) is 0.417. The van der Waals surface area contributed by atoms with Gasteiger partial charge in [0.05, 0.1) is 26.9 Å². The lowest BCUT2D eigenvalue weighted by molar-refractivity contribution is 0.0764. The zero-order valence-corrected chi connectivity index (χ0v) is 17.7. The first kappa shape index (κ1) is 22.0. The zero-order chi connectivity index (χ0) is 20.4. The van der Waals surface area contributed by atoms with Gasteiger partial charge in [0.2, 0.25) is 0 Å². The van der Waals surface area contributed by atoms with Gasteiger partial charge in [0.1, 0.15) is 18.1 Å². The Morgan fingerprint density at radius 1 is 0.893 bits per heavy atom. The minimum absolute atomic E-state index is 0.0979. The van der Waals surface area contributed by atoms with Gasteiger partial charge in [0.25, 0.3) is 0 Å². The molecule has 28 heavy (non-hydrogen) atoms. The molecule has 0 atom stereocenters. The number of benzene rings is 2. The van der Waals surface area contributed by atoms with Crippen molar-refractivity contribution in [2.24, 2.45) is 5.41 Å². The third-order valence-corrected chi connectivity index (χ3v) is 4.41. The first-order valence-electron chi connectivity index (χ1n) is 9.57. The van der Waals surface area contributed by atoms with Crippen LogP contribution in [0, 0.1) is 5.41 Å². The molecule has 0 amide bonds. The molecule has 0 radical (unpaired) electrons. The molecular weight excluding hydrogens is 352 g/mol. The van der Waals surface area contributed by atoms with Gasteiger partial charge < -0.3 is 18.9 Å². The van der Waals surface area contributed by atoms with Crippen molar-refractivity contribution in [3.63, 3.8) is 0 Å². The van der Waals surface area contributed by atoms with Gasteiger partial charge in [-0.05, 0) is 23.1 Å². The Labute approximate surface area is 169 Å². The van der Waals surface area contributed by atoms with Crippen LogP contribution >= 0.6 is 0 Å². The predicted molar refractivity (Wildman–Crippen MR) is 113 cm³/mol. The lowest BCUT2D eigenvalue weighted by Gasteiger charge is -2.26. The SMILES string of the molecule is COCCOCC(=C(OC)c1cccc(OCc2ccccc2)c1)C(C)(C)C. The second-order valence-electron chi connectivity index (χ2n) is 7.61. The molecule has 4 heteroatoms. The molecule has 0 saturated carbocycles. The van der Waals surface area contributed by atoms with Crippen molar-refractivity contribution in [3.05, 3.63) is 71.3 Å². The maximum atomic E-state index is 5.98. The van der Waals surface area contributed by atoms with Crippen LogP contribution in [0.5, 0.6) is 5.75 Å². The fourth-order valence-electron chi connectivity index (χ4n) is 2.82. The second-order valence-corrected chi connectivity index (χ2v) is 7.61. The van der Waals surface area contributed by atoms with Crippen molar-refractivity contribution in [1.29, 1.82) is 0 Å². The minimum Gasteiger partial charge on any atom is -0.496 e. The quantitative estimate of drug-likeness (QED) is 0.410. The van der Waals surface area contributed by atoms with E-state index in [4.69, 9.17) is 18.9 Å². The maximum absolute atomic E-state index is 5.98. The Hall–Kier alpha value is -2.30. The van der Waals surface area contributed by atoms with Crippen molar-refractivity contribution in [2.75, 3.05) is 34.0 Å². The number of hydrogen-bond donors (Lipinski definition) is 0. The van der Waals surface area contributed by atoms with Crippen LogP contribution in [0.3, 0.4) is 0 Å². The fourth-order valence-corrected chi connectivity index (χ4v) is 2.82. The van der Waals surface area contributed by atoms with Crippen LogP contribution in [0.1, 0.15) is 31.9 Å². The van der Waals surface area contributed by atoms with E-state index < -0.39 is 0 Å². The molecule has 2 aromatic rings. The summed E-state index contributed by atoms with van der Waals surface area (Å²) in [6.07, 6.45) is 0. The molecule has 0 spiro atoms. The number of rotatable bonds is 10. The van der Waals surface area contributed by atoms with Crippen molar-refractivity contribution >= 4 is 5.76 Å². The normalized spacial score (nSPS) is 12.5. The summed E-state index contributed by atoms with van der Waals surface area (Å²) in [4.78, 5) is 0. The topological polar surface area (TPSA) is 36.9 Å². The number of ether oxygens (including phenoxy) is 4. The molecule has 0 saturated heterocycles. The highest BCUT2D eigenvalue weighted by Gasteiger charge is 2.23. The summed E-state index contributed by atoms with van der Waals surface area (Å²) in [7, 11) is 3.37. The lowest BCUT2D eigenvalue weighted by atomic mass is 9.84. The average molecular weight is 385 g/mol. The van der Waals surface area contributed by atoms with Crippen LogP contribution in [0.4, 0.5) is 0 Å². The molecule has 0 unspecified atom stereocenters. The van der Waals surface area contributed by atoms with Crippen molar-refractivity contribution < 1.29 is 18.9 Å². The molecule has 0 heterocycles. The molecule has 2 rings (SSSR count). The van der Waals surface area contributed by atoms with E-state index in [0.29, 0.717) is 26.4 Å². The summed E-state index contributed by atoms with van der Waals surface area (Å²) in [6, 6.07) is 18.1. The Bertz CT molecular complexity index is 745. The molecule has 0 aromatic heterocycles. The van der Waals surface area contributed by atoms with Crippen molar-refractivity contribution in [1.82, 2.24) is 0 Å². The van der Waals surface area contributed by atoms with Gasteiger partial charge in [-0.1, -0.05) is 63.2 Å². The van der Waals surface area contributed by atoms with E-state index in [9.17, 15) is 0 Å². The highest BCUT2D eigenvalue weighted by Crippen LogP contribution is 2.34. The van der Waals surface area contributed by atoms with E-state index in [-0.39, 0.29) is 5.41 Å². The molecule has 0 aliphatic rings. The summed E-state index contributed by atoms with van der Waals surface area (Å²) in [5, 5.41) is 0. The summed E-state index contributed by atoms with van der Waals surface area (Å²) >= 11 is 0. The lowest BCUT2D eigenvalue weighted by Crippen LogP contribution is -2.19. The van der Waals surface area contributed by atoms with Crippen LogP contribution in [-0.4, -0.2) is 34.0 Å². The monoisotopic (exact) mass is 384 g/mol. The molecule has 0 aliphatic heterocycles. The van der Waals surface area contributed by atoms with E-state index in [1.54, 1.807) is 14.2 Å². The summed E-state index contributed by atoms with van der Waals surface area (Å²) in [5.74, 6) is 1.64. The van der Waals surface area contributed by atoms with Crippen LogP contribution in [0.2, 0.25) is 0 Å². The van der Waals surface area contributed by atoms with E-state index >= 15 is 0 Å². The van der Waals surface area contributed by atoms with Crippen LogP contribution < -0.4 is 4.74 Å². The average Bonchev–Trinajstić information content (AvgIpc) is 2.69. The Morgan fingerprint density at radius 2 is 1.64 bits per heavy atom. The molecule has 0 N–H and O–H groups in total. The van der Waals surface area contributed by atoms with Gasteiger partial charge in [-0.25, -0.2) is 0 Å². The molecule has 4 nitrogen and oxygen atoms in total. The molecular formula is C24H32O4. The molecule has 0 aliphatic carbocycles. The van der Waals surface area contributed by atoms with E-state index in [0.717, 1.165) is 28.2 Å². The highest BCUT2D eigenvalue weighted by atomic mass is 16.5. The minimum atomic E-state index is -0.0979. The Morgan fingerprint density at radius 3 is 2.29 bits per heavy atom. The third kappa shape index (κ3) is 6.70. The van der Waals surface area contributed by atoms with Crippen molar-refractivity contribution in [3.8, 4) is 5.75 Å². The van der Waals surface area contributed by atoms with Crippen LogP contribution in [0.15, 0.2) is 60.2 Å². The van der Waals surface area contributed by atoms with Crippen LogP contribution in [-0.2, 0) is 20.8 Å². The first-order chi connectivity index (χ1) is 13.5. The molecule has 2 aromatic carbocycles. The Kier molecular flexibility index (Phi) is 8.55. The van der Waals surface area contributed by atoms with Gasteiger partial charge in [-0.15, -0.1) is 0 Å². The summed E-state index contributed by atoms with van der Waals surface area (Å²) < 4.78 is 22.7. The van der Waals surface area contributed by atoms with Gasteiger partial charge in [-0.3, -0.25) is 0 Å². The maximum Gasteiger partial charge on any atom is 0.128 e. The van der Waals surface area contributed by atoms with Gasteiger partial charge in [0, 0.05) is 18.2 Å². The van der Waals surface area contributed by atoms with Gasteiger partial charge >= 0.3 is 0 Å². The molecule has 0 fully saturated rings.